The summed E-state index contributed by atoms with van der Waals surface area (Å²) in [4.78, 5) is 13.2. The van der Waals surface area contributed by atoms with Gasteiger partial charge >= 0.3 is 0 Å². The normalized spacial score (nSPS) is 15.8. The Kier molecular flexibility index (Phi) is 6.54. The molecule has 1 heterocycles. The first kappa shape index (κ1) is 15.3. The van der Waals surface area contributed by atoms with Crippen LogP contribution < -0.4 is 10.6 Å². The summed E-state index contributed by atoms with van der Waals surface area (Å²) in [6.45, 7) is 1.89. The van der Waals surface area contributed by atoms with Crippen LogP contribution in [0.25, 0.3) is 0 Å². The van der Waals surface area contributed by atoms with E-state index in [4.69, 9.17) is 0 Å². The largest absolute Gasteiger partial charge is 0.325 e. The summed E-state index contributed by atoms with van der Waals surface area (Å²) in [6.07, 6.45) is 3.90. The standard InChI is InChI=1S/C13H18N2OS.ClH/c1-17-12-5-3-2-4-11(12)15-13(16)10-6-8-14-9-7-10;/h2-5,10,14H,6-9H2,1H3,(H,15,16);1H. The highest BCUT2D eigenvalue weighted by atomic mass is 35.5. The lowest BCUT2D eigenvalue weighted by atomic mass is 9.97. The van der Waals surface area contributed by atoms with Crippen LogP contribution in [-0.4, -0.2) is 25.3 Å². The van der Waals surface area contributed by atoms with Crippen molar-refractivity contribution in [2.24, 2.45) is 5.92 Å². The molecule has 5 heteroatoms. The van der Waals surface area contributed by atoms with Gasteiger partial charge in [0.2, 0.25) is 5.91 Å². The van der Waals surface area contributed by atoms with Gasteiger partial charge in [-0.3, -0.25) is 4.79 Å². The molecule has 0 spiro atoms. The highest BCUT2D eigenvalue weighted by Gasteiger charge is 2.21. The van der Waals surface area contributed by atoms with Crippen LogP contribution in [0.2, 0.25) is 0 Å². The van der Waals surface area contributed by atoms with Crippen molar-refractivity contribution in [3.8, 4) is 0 Å². The summed E-state index contributed by atoms with van der Waals surface area (Å²) in [5, 5.41) is 6.32. The number of amides is 1. The van der Waals surface area contributed by atoms with Crippen molar-refractivity contribution in [1.29, 1.82) is 0 Å². The van der Waals surface area contributed by atoms with E-state index >= 15 is 0 Å². The topological polar surface area (TPSA) is 41.1 Å². The van der Waals surface area contributed by atoms with E-state index in [1.807, 2.05) is 30.5 Å². The lowest BCUT2D eigenvalue weighted by Crippen LogP contribution is -2.34. The number of nitrogens with one attached hydrogen (secondary N) is 2. The Labute approximate surface area is 119 Å². The third-order valence-corrected chi connectivity index (χ3v) is 3.87. The van der Waals surface area contributed by atoms with Gasteiger partial charge in [0.1, 0.15) is 0 Å². The Bertz CT molecular complexity index is 394. The maximum atomic E-state index is 12.1. The second-order valence-corrected chi connectivity index (χ2v) is 5.06. The summed E-state index contributed by atoms with van der Waals surface area (Å²) in [5.74, 6) is 0.319. The third kappa shape index (κ3) is 3.90. The maximum Gasteiger partial charge on any atom is 0.227 e. The van der Waals surface area contributed by atoms with E-state index in [0.29, 0.717) is 0 Å². The Balaban J connectivity index is 0.00000162. The van der Waals surface area contributed by atoms with E-state index < -0.39 is 0 Å². The smallest absolute Gasteiger partial charge is 0.227 e. The summed E-state index contributed by atoms with van der Waals surface area (Å²) in [6, 6.07) is 7.94. The first-order chi connectivity index (χ1) is 8.31. The molecule has 1 fully saturated rings. The van der Waals surface area contributed by atoms with Gasteiger partial charge in [-0.15, -0.1) is 24.2 Å². The Morgan fingerprint density at radius 1 is 1.33 bits per heavy atom. The number of hydrogen-bond acceptors (Lipinski definition) is 3. The van der Waals surface area contributed by atoms with Gasteiger partial charge in [0.05, 0.1) is 5.69 Å². The fraction of sp³-hybridized carbons (Fsp3) is 0.462. The number of halogens is 1. The molecule has 1 amide bonds. The molecule has 0 aliphatic carbocycles. The molecule has 1 aliphatic heterocycles. The van der Waals surface area contributed by atoms with Crippen LogP contribution in [0.1, 0.15) is 12.8 Å². The fourth-order valence-corrected chi connectivity index (χ4v) is 2.62. The molecule has 2 N–H and O–H groups in total. The van der Waals surface area contributed by atoms with Gasteiger partial charge in [-0.05, 0) is 44.3 Å². The summed E-state index contributed by atoms with van der Waals surface area (Å²) < 4.78 is 0. The highest BCUT2D eigenvalue weighted by molar-refractivity contribution is 7.98. The van der Waals surface area contributed by atoms with Crippen LogP contribution >= 0.6 is 24.2 Å². The monoisotopic (exact) mass is 286 g/mol. The zero-order chi connectivity index (χ0) is 12.1. The molecule has 100 valence electrons. The molecule has 1 aromatic carbocycles. The summed E-state index contributed by atoms with van der Waals surface area (Å²) >= 11 is 1.66. The van der Waals surface area contributed by atoms with Crippen molar-refractivity contribution in [1.82, 2.24) is 5.32 Å². The lowest BCUT2D eigenvalue weighted by molar-refractivity contribution is -0.120. The van der Waals surface area contributed by atoms with Crippen molar-refractivity contribution in [3.05, 3.63) is 24.3 Å². The van der Waals surface area contributed by atoms with Crippen LogP contribution in [0.4, 0.5) is 5.69 Å². The van der Waals surface area contributed by atoms with Crippen LogP contribution in [0.5, 0.6) is 0 Å². The van der Waals surface area contributed by atoms with Crippen molar-refractivity contribution in [2.45, 2.75) is 17.7 Å². The molecular weight excluding hydrogens is 268 g/mol. The summed E-state index contributed by atoms with van der Waals surface area (Å²) in [5.41, 5.74) is 0.934. The first-order valence-electron chi connectivity index (χ1n) is 5.96. The third-order valence-electron chi connectivity index (χ3n) is 3.07. The van der Waals surface area contributed by atoms with E-state index in [9.17, 15) is 4.79 Å². The molecule has 1 aromatic rings. The number of para-hydroxylation sites is 1. The minimum absolute atomic E-state index is 0. The molecule has 0 atom stereocenters. The highest BCUT2D eigenvalue weighted by Crippen LogP contribution is 2.25. The van der Waals surface area contributed by atoms with E-state index in [2.05, 4.69) is 10.6 Å². The van der Waals surface area contributed by atoms with Crippen molar-refractivity contribution in [2.75, 3.05) is 24.7 Å². The number of piperidine rings is 1. The Morgan fingerprint density at radius 2 is 2.00 bits per heavy atom. The average Bonchev–Trinajstić information content (AvgIpc) is 2.40. The van der Waals surface area contributed by atoms with Gasteiger partial charge in [0, 0.05) is 10.8 Å². The minimum atomic E-state index is 0. The Morgan fingerprint density at radius 3 is 2.67 bits per heavy atom. The number of benzene rings is 1. The van der Waals surface area contributed by atoms with Crippen LogP contribution in [0.3, 0.4) is 0 Å². The second kappa shape index (κ2) is 7.67. The van der Waals surface area contributed by atoms with Gasteiger partial charge in [-0.2, -0.15) is 0 Å². The molecule has 0 aromatic heterocycles. The van der Waals surface area contributed by atoms with Gasteiger partial charge in [-0.1, -0.05) is 12.1 Å². The lowest BCUT2D eigenvalue weighted by Gasteiger charge is -2.22. The van der Waals surface area contributed by atoms with Crippen molar-refractivity contribution in [3.63, 3.8) is 0 Å². The quantitative estimate of drug-likeness (QED) is 0.840. The predicted octanol–water partition coefficient (Wildman–Crippen LogP) is 2.77. The molecule has 0 bridgehead atoms. The first-order valence-corrected chi connectivity index (χ1v) is 7.18. The average molecular weight is 287 g/mol. The molecule has 0 radical (unpaired) electrons. The summed E-state index contributed by atoms with van der Waals surface area (Å²) in [7, 11) is 0. The molecule has 1 aliphatic rings. The number of hydrogen-bond donors (Lipinski definition) is 2. The number of rotatable bonds is 3. The Hall–Kier alpha value is -0.710. The van der Waals surface area contributed by atoms with Gasteiger partial charge in [-0.25, -0.2) is 0 Å². The van der Waals surface area contributed by atoms with Crippen molar-refractivity contribution < 1.29 is 4.79 Å². The second-order valence-electron chi connectivity index (χ2n) is 4.21. The van der Waals surface area contributed by atoms with E-state index in [1.54, 1.807) is 11.8 Å². The zero-order valence-corrected chi connectivity index (χ0v) is 12.1. The number of anilines is 1. The van der Waals surface area contributed by atoms with E-state index in [1.165, 1.54) is 0 Å². The van der Waals surface area contributed by atoms with Gasteiger partial charge in [0.25, 0.3) is 0 Å². The van der Waals surface area contributed by atoms with E-state index in [-0.39, 0.29) is 24.2 Å². The molecule has 0 unspecified atom stereocenters. The minimum Gasteiger partial charge on any atom is -0.325 e. The number of carbonyl (C=O) groups excluding carboxylic acids is 1. The van der Waals surface area contributed by atoms with Gasteiger partial charge < -0.3 is 10.6 Å². The van der Waals surface area contributed by atoms with Gasteiger partial charge in [0.15, 0.2) is 0 Å². The fourth-order valence-electron chi connectivity index (χ4n) is 2.07. The van der Waals surface area contributed by atoms with Crippen LogP contribution in [0, 0.1) is 5.92 Å². The molecule has 3 nitrogen and oxygen atoms in total. The van der Waals surface area contributed by atoms with Crippen LogP contribution in [-0.2, 0) is 4.79 Å². The van der Waals surface area contributed by atoms with Crippen LogP contribution in [0.15, 0.2) is 29.2 Å². The maximum absolute atomic E-state index is 12.1. The molecule has 2 rings (SSSR count). The molecular formula is C13H19ClN2OS. The predicted molar refractivity (Wildman–Crippen MR) is 79.7 cm³/mol. The molecule has 1 saturated heterocycles. The molecule has 0 saturated carbocycles. The molecule has 18 heavy (non-hydrogen) atoms. The SMILES string of the molecule is CSc1ccccc1NC(=O)C1CCNCC1.Cl. The number of thioether (sulfide) groups is 1. The zero-order valence-electron chi connectivity index (χ0n) is 10.4. The number of carbonyl (C=O) groups is 1. The van der Waals surface area contributed by atoms with Crippen molar-refractivity contribution >= 4 is 35.8 Å². The van der Waals surface area contributed by atoms with E-state index in [0.717, 1.165) is 36.5 Å².